The van der Waals surface area contributed by atoms with Crippen molar-refractivity contribution < 1.29 is 18.3 Å². The minimum Gasteiger partial charge on any atom is -0.370 e. The first kappa shape index (κ1) is 22.9. The third-order valence-electron chi connectivity index (χ3n) is 5.49. The Morgan fingerprint density at radius 3 is 1.94 bits per heavy atom. The largest absolute Gasteiger partial charge is 0.370 e. The van der Waals surface area contributed by atoms with Crippen molar-refractivity contribution in [2.45, 2.75) is 16.3 Å². The summed E-state index contributed by atoms with van der Waals surface area (Å²) in [6.45, 7) is 0.348. The fraction of sp³-hybridized carbons (Fsp3) is 0.0833. The van der Waals surface area contributed by atoms with Gasteiger partial charge in [-0.25, -0.2) is 8.42 Å². The molecule has 0 aromatic heterocycles. The molecule has 4 rings (SSSR count). The quantitative estimate of drug-likeness (QED) is 0.267. The first-order valence-corrected chi connectivity index (χ1v) is 11.6. The van der Waals surface area contributed by atoms with Crippen LogP contribution in [0.15, 0.2) is 94.7 Å². The molecular weight excluding hydrogens is 458 g/mol. The molecule has 0 aliphatic carbocycles. The van der Waals surface area contributed by atoms with Crippen LogP contribution in [-0.4, -0.2) is 25.3 Å². The third-order valence-corrected chi connectivity index (χ3v) is 7.27. The van der Waals surface area contributed by atoms with Crippen molar-refractivity contribution in [1.82, 2.24) is 0 Å². The highest BCUT2D eigenvalue weighted by Crippen LogP contribution is 2.39. The van der Waals surface area contributed by atoms with Gasteiger partial charge in [-0.05, 0) is 35.9 Å². The molecule has 0 saturated carbocycles. The fourth-order valence-corrected chi connectivity index (χ4v) is 5.14. The van der Waals surface area contributed by atoms with E-state index in [-0.39, 0.29) is 26.6 Å². The number of non-ortho nitro benzene ring substituents is 2. The average Bonchev–Trinajstić information content (AvgIpc) is 2.83. The predicted molar refractivity (Wildman–Crippen MR) is 128 cm³/mol. The van der Waals surface area contributed by atoms with Gasteiger partial charge in [0.2, 0.25) is 9.84 Å². The van der Waals surface area contributed by atoms with Gasteiger partial charge in [0.05, 0.1) is 19.6 Å². The van der Waals surface area contributed by atoms with Gasteiger partial charge in [0, 0.05) is 36.8 Å². The zero-order valence-corrected chi connectivity index (χ0v) is 18.8. The number of hydrogen-bond donors (Lipinski definition) is 0. The van der Waals surface area contributed by atoms with E-state index in [9.17, 15) is 28.6 Å². The van der Waals surface area contributed by atoms with Crippen molar-refractivity contribution in [3.8, 4) is 0 Å². The number of nitro groups is 2. The van der Waals surface area contributed by atoms with Crippen LogP contribution in [0.1, 0.15) is 5.56 Å². The molecule has 0 aliphatic rings. The van der Waals surface area contributed by atoms with Gasteiger partial charge < -0.3 is 4.90 Å². The Balaban J connectivity index is 1.67. The molecule has 0 unspecified atom stereocenters. The first-order chi connectivity index (χ1) is 16.2. The Bertz CT molecular complexity index is 1480. The number of sulfone groups is 1. The minimum atomic E-state index is -3.63. The van der Waals surface area contributed by atoms with Crippen LogP contribution < -0.4 is 4.90 Å². The second-order valence-electron chi connectivity index (χ2n) is 7.63. The zero-order chi connectivity index (χ0) is 24.5. The summed E-state index contributed by atoms with van der Waals surface area (Å²) in [4.78, 5) is 23.9. The maximum Gasteiger partial charge on any atom is 0.284 e. The van der Waals surface area contributed by atoms with Crippen molar-refractivity contribution >= 4 is 37.7 Å². The molecule has 0 aliphatic heterocycles. The standard InChI is InChI=1S/C24H19N3O6S/c1-25(16-17-10-12-19(13-11-17)34(32,33)18-6-3-2-4-7-18)21-14-15-23(27(30)31)24-20(21)8-5-9-22(24)26(28)29/h2-15H,16H2,1H3. The van der Waals surface area contributed by atoms with E-state index in [1.807, 2.05) is 0 Å². The highest BCUT2D eigenvalue weighted by Gasteiger charge is 2.25. The summed E-state index contributed by atoms with van der Waals surface area (Å²) >= 11 is 0. The molecule has 0 spiro atoms. The normalized spacial score (nSPS) is 11.3. The number of anilines is 1. The topological polar surface area (TPSA) is 124 Å². The Morgan fingerprint density at radius 1 is 0.735 bits per heavy atom. The zero-order valence-electron chi connectivity index (χ0n) is 18.0. The molecule has 0 saturated heterocycles. The lowest BCUT2D eigenvalue weighted by atomic mass is 10.0. The summed E-state index contributed by atoms with van der Waals surface area (Å²) in [6, 6.07) is 21.8. The molecule has 4 aromatic carbocycles. The Labute approximate surface area is 195 Å². The van der Waals surface area contributed by atoms with Crippen molar-refractivity contribution in [3.63, 3.8) is 0 Å². The summed E-state index contributed by atoms with van der Waals surface area (Å²) in [6.07, 6.45) is 0. The van der Waals surface area contributed by atoms with E-state index in [1.54, 1.807) is 54.4 Å². The van der Waals surface area contributed by atoms with Crippen molar-refractivity contribution in [2.24, 2.45) is 0 Å². The van der Waals surface area contributed by atoms with E-state index in [0.717, 1.165) is 5.56 Å². The van der Waals surface area contributed by atoms with E-state index in [2.05, 4.69) is 0 Å². The Morgan fingerprint density at radius 2 is 1.32 bits per heavy atom. The van der Waals surface area contributed by atoms with Crippen LogP contribution in [0.4, 0.5) is 17.1 Å². The number of hydrogen-bond acceptors (Lipinski definition) is 7. The molecule has 0 radical (unpaired) electrons. The molecule has 9 nitrogen and oxygen atoms in total. The lowest BCUT2D eigenvalue weighted by Gasteiger charge is -2.21. The molecule has 172 valence electrons. The van der Waals surface area contributed by atoms with Gasteiger partial charge in [-0.1, -0.05) is 42.5 Å². The second kappa shape index (κ2) is 8.91. The number of nitro benzene ring substituents is 2. The molecule has 10 heteroatoms. The van der Waals surface area contributed by atoms with Gasteiger partial charge in [-0.2, -0.15) is 0 Å². The van der Waals surface area contributed by atoms with Crippen LogP contribution >= 0.6 is 0 Å². The molecule has 0 atom stereocenters. The smallest absolute Gasteiger partial charge is 0.284 e. The van der Waals surface area contributed by atoms with Crippen molar-refractivity contribution in [3.05, 3.63) is 111 Å². The van der Waals surface area contributed by atoms with E-state index >= 15 is 0 Å². The van der Waals surface area contributed by atoms with E-state index in [4.69, 9.17) is 0 Å². The summed E-state index contributed by atoms with van der Waals surface area (Å²) < 4.78 is 25.6. The van der Waals surface area contributed by atoms with Gasteiger partial charge in [0.15, 0.2) is 0 Å². The SMILES string of the molecule is CN(Cc1ccc(S(=O)(=O)c2ccccc2)cc1)c1ccc([N+](=O)[O-])c2c([N+](=O)[O-])cccc12. The molecule has 0 bridgehead atoms. The second-order valence-corrected chi connectivity index (χ2v) is 9.58. The van der Waals surface area contributed by atoms with Crippen LogP contribution in [0.25, 0.3) is 10.8 Å². The molecule has 0 fully saturated rings. The first-order valence-electron chi connectivity index (χ1n) is 10.1. The summed E-state index contributed by atoms with van der Waals surface area (Å²) in [7, 11) is -1.87. The number of fused-ring (bicyclic) bond motifs is 1. The molecule has 4 aromatic rings. The highest BCUT2D eigenvalue weighted by atomic mass is 32.2. The number of benzene rings is 4. The van der Waals surface area contributed by atoms with Crippen LogP contribution in [0.5, 0.6) is 0 Å². The minimum absolute atomic E-state index is 0.0360. The third kappa shape index (κ3) is 4.18. The van der Waals surface area contributed by atoms with Crippen LogP contribution in [0, 0.1) is 20.2 Å². The van der Waals surface area contributed by atoms with Crippen LogP contribution in [0.2, 0.25) is 0 Å². The van der Waals surface area contributed by atoms with Gasteiger partial charge >= 0.3 is 0 Å². The lowest BCUT2D eigenvalue weighted by Crippen LogP contribution is -2.17. The highest BCUT2D eigenvalue weighted by molar-refractivity contribution is 7.91. The van der Waals surface area contributed by atoms with Gasteiger partial charge in [0.1, 0.15) is 5.39 Å². The molecule has 0 amide bonds. The van der Waals surface area contributed by atoms with Gasteiger partial charge in [-0.15, -0.1) is 0 Å². The van der Waals surface area contributed by atoms with E-state index < -0.39 is 19.7 Å². The summed E-state index contributed by atoms with van der Waals surface area (Å²) in [5, 5.41) is 23.3. The van der Waals surface area contributed by atoms with Gasteiger partial charge in [0.25, 0.3) is 11.4 Å². The van der Waals surface area contributed by atoms with Crippen molar-refractivity contribution in [2.75, 3.05) is 11.9 Å². The Hall–Kier alpha value is -4.31. The van der Waals surface area contributed by atoms with Gasteiger partial charge in [-0.3, -0.25) is 20.2 Å². The van der Waals surface area contributed by atoms with E-state index in [1.165, 1.54) is 42.5 Å². The number of rotatable bonds is 7. The van der Waals surface area contributed by atoms with Crippen molar-refractivity contribution in [1.29, 1.82) is 0 Å². The monoisotopic (exact) mass is 477 g/mol. The lowest BCUT2D eigenvalue weighted by molar-refractivity contribution is -0.390. The molecular formula is C24H19N3O6S. The molecule has 0 heterocycles. The maximum absolute atomic E-state index is 12.8. The van der Waals surface area contributed by atoms with Crippen LogP contribution in [-0.2, 0) is 16.4 Å². The molecule has 34 heavy (non-hydrogen) atoms. The maximum atomic E-state index is 12.8. The summed E-state index contributed by atoms with van der Waals surface area (Å²) in [5.41, 5.74) is 0.696. The van der Waals surface area contributed by atoms with Crippen LogP contribution in [0.3, 0.4) is 0 Å². The summed E-state index contributed by atoms with van der Waals surface area (Å²) in [5.74, 6) is 0. The predicted octanol–water partition coefficient (Wildman–Crippen LogP) is 5.13. The molecule has 0 N–H and O–H groups in total. The number of nitrogens with zero attached hydrogens (tertiary/aromatic N) is 3. The van der Waals surface area contributed by atoms with E-state index in [0.29, 0.717) is 17.6 Å². The fourth-order valence-electron chi connectivity index (χ4n) is 3.86. The Kier molecular flexibility index (Phi) is 5.99. The average molecular weight is 477 g/mol.